The molecule has 32 heavy (non-hydrogen) atoms. The van der Waals surface area contributed by atoms with E-state index in [1.165, 1.54) is 31.4 Å². The van der Waals surface area contributed by atoms with Crippen molar-refractivity contribution in [1.82, 2.24) is 20.4 Å². The normalized spacial score (nSPS) is 20.5. The lowest BCUT2D eigenvalue weighted by Gasteiger charge is -2.50. The van der Waals surface area contributed by atoms with Gasteiger partial charge in [0.05, 0.1) is 12.1 Å². The molecule has 0 aliphatic carbocycles. The average molecular weight is 567 g/mol. The maximum absolute atomic E-state index is 13.0. The zero-order valence-corrected chi connectivity index (χ0v) is 21.5. The predicted octanol–water partition coefficient (Wildman–Crippen LogP) is 4.33. The summed E-state index contributed by atoms with van der Waals surface area (Å²) in [6.45, 7) is 8.15. The van der Waals surface area contributed by atoms with E-state index in [9.17, 15) is 13.2 Å². The Morgan fingerprint density at radius 2 is 1.75 bits per heavy atom. The second-order valence-corrected chi connectivity index (χ2v) is 8.82. The van der Waals surface area contributed by atoms with Crippen LogP contribution in [0.25, 0.3) is 0 Å². The Morgan fingerprint density at radius 1 is 1.06 bits per heavy atom. The number of piperidine rings is 2. The lowest BCUT2D eigenvalue weighted by molar-refractivity contribution is -0.137. The van der Waals surface area contributed by atoms with E-state index < -0.39 is 11.7 Å². The van der Waals surface area contributed by atoms with Gasteiger partial charge in [-0.15, -0.1) is 24.0 Å². The van der Waals surface area contributed by atoms with Gasteiger partial charge in [-0.25, -0.2) is 4.99 Å². The third-order valence-electron chi connectivity index (χ3n) is 6.55. The number of hydrogen-bond donors (Lipinski definition) is 2. The average Bonchev–Trinajstić information content (AvgIpc) is 2.77. The highest BCUT2D eigenvalue weighted by molar-refractivity contribution is 14.0. The lowest BCUT2D eigenvalue weighted by atomic mass is 9.84. The first-order chi connectivity index (χ1) is 14.8. The van der Waals surface area contributed by atoms with Gasteiger partial charge in [-0.05, 0) is 83.5 Å². The first kappa shape index (κ1) is 27.2. The fraction of sp³-hybridized carbons (Fsp3) is 0.696. The topological polar surface area (TPSA) is 42.9 Å². The first-order valence-electron chi connectivity index (χ1n) is 11.4. The smallest absolute Gasteiger partial charge is 0.357 e. The Morgan fingerprint density at radius 3 is 2.38 bits per heavy atom. The summed E-state index contributed by atoms with van der Waals surface area (Å²) in [7, 11) is 2.17. The summed E-state index contributed by atoms with van der Waals surface area (Å²) < 4.78 is 39.0. The maximum atomic E-state index is 13.0. The number of guanidine groups is 1. The van der Waals surface area contributed by atoms with Crippen LogP contribution in [0.4, 0.5) is 13.2 Å². The van der Waals surface area contributed by atoms with Crippen LogP contribution < -0.4 is 10.6 Å². The molecule has 0 amide bonds. The number of rotatable bonds is 6. The summed E-state index contributed by atoms with van der Waals surface area (Å²) in [5.41, 5.74) is 0.0323. The van der Waals surface area contributed by atoms with E-state index >= 15 is 0 Å². The molecule has 0 unspecified atom stereocenters. The molecule has 9 heteroatoms. The van der Waals surface area contributed by atoms with Crippen LogP contribution in [0.3, 0.4) is 0 Å². The van der Waals surface area contributed by atoms with Crippen molar-refractivity contribution in [2.75, 3.05) is 46.3 Å². The van der Waals surface area contributed by atoms with E-state index in [2.05, 4.69) is 32.5 Å². The Balaban J connectivity index is 0.00000363. The van der Waals surface area contributed by atoms with Gasteiger partial charge in [-0.1, -0.05) is 18.6 Å². The molecular formula is C23H37F3IN5. The van der Waals surface area contributed by atoms with Crippen molar-refractivity contribution in [2.45, 2.75) is 57.3 Å². The second kappa shape index (κ2) is 12.4. The molecule has 1 aromatic rings. The van der Waals surface area contributed by atoms with Gasteiger partial charge >= 0.3 is 6.18 Å². The number of hydrogen-bond acceptors (Lipinski definition) is 3. The third-order valence-corrected chi connectivity index (χ3v) is 6.55. The van der Waals surface area contributed by atoms with Crippen molar-refractivity contribution in [3.8, 4) is 0 Å². The molecule has 2 aliphatic rings. The summed E-state index contributed by atoms with van der Waals surface area (Å²) in [6.07, 6.45) is 1.70. The molecule has 182 valence electrons. The molecule has 0 radical (unpaired) electrons. The van der Waals surface area contributed by atoms with Gasteiger partial charge in [-0.3, -0.25) is 4.90 Å². The van der Waals surface area contributed by atoms with Gasteiger partial charge in [-0.2, -0.15) is 13.2 Å². The highest BCUT2D eigenvalue weighted by Gasteiger charge is 2.39. The van der Waals surface area contributed by atoms with Crippen LogP contribution in [0, 0.1) is 0 Å². The minimum atomic E-state index is -4.34. The Kier molecular flexibility index (Phi) is 10.5. The molecule has 0 spiro atoms. The molecular weight excluding hydrogens is 530 g/mol. The van der Waals surface area contributed by atoms with Crippen molar-refractivity contribution in [3.63, 3.8) is 0 Å². The van der Waals surface area contributed by atoms with Gasteiger partial charge in [0.25, 0.3) is 0 Å². The molecule has 5 nitrogen and oxygen atoms in total. The van der Waals surface area contributed by atoms with Crippen molar-refractivity contribution in [3.05, 3.63) is 35.4 Å². The third kappa shape index (κ3) is 7.48. The van der Waals surface area contributed by atoms with Gasteiger partial charge < -0.3 is 15.5 Å². The van der Waals surface area contributed by atoms with Gasteiger partial charge in [0.1, 0.15) is 0 Å². The summed E-state index contributed by atoms with van der Waals surface area (Å²) in [5, 5.41) is 6.77. The van der Waals surface area contributed by atoms with Crippen molar-refractivity contribution in [1.29, 1.82) is 0 Å². The molecule has 2 fully saturated rings. The van der Waals surface area contributed by atoms with Crippen LogP contribution in [-0.2, 0) is 12.7 Å². The van der Waals surface area contributed by atoms with Crippen LogP contribution in [0.5, 0.6) is 0 Å². The molecule has 0 aromatic heterocycles. The fourth-order valence-corrected chi connectivity index (χ4v) is 4.61. The summed E-state index contributed by atoms with van der Waals surface area (Å²) in [5.74, 6) is 0.662. The summed E-state index contributed by atoms with van der Waals surface area (Å²) in [4.78, 5) is 9.62. The van der Waals surface area contributed by atoms with E-state index in [0.29, 0.717) is 18.1 Å². The molecule has 2 saturated heterocycles. The number of nitrogens with one attached hydrogen (secondary N) is 2. The molecule has 1 aromatic carbocycles. The van der Waals surface area contributed by atoms with E-state index in [-0.39, 0.29) is 36.1 Å². The molecule has 3 rings (SSSR count). The van der Waals surface area contributed by atoms with Gasteiger partial charge in [0.15, 0.2) is 5.96 Å². The van der Waals surface area contributed by atoms with E-state index in [1.54, 1.807) is 6.07 Å². The first-order valence-corrected chi connectivity index (χ1v) is 11.4. The van der Waals surface area contributed by atoms with Crippen LogP contribution in [0.2, 0.25) is 0 Å². The van der Waals surface area contributed by atoms with E-state index in [0.717, 1.165) is 51.6 Å². The molecule has 2 N–H and O–H groups in total. The zero-order chi connectivity index (χ0) is 22.3. The minimum absolute atomic E-state index is 0. The molecule has 2 aliphatic heterocycles. The fourth-order valence-electron chi connectivity index (χ4n) is 4.61. The number of alkyl halides is 3. The van der Waals surface area contributed by atoms with Crippen molar-refractivity contribution < 1.29 is 13.2 Å². The van der Waals surface area contributed by atoms with Crippen LogP contribution in [-0.4, -0.2) is 67.6 Å². The molecule has 0 atom stereocenters. The summed E-state index contributed by atoms with van der Waals surface area (Å²) in [6, 6.07) is 5.41. The lowest BCUT2D eigenvalue weighted by Crippen LogP contribution is -2.62. The Labute approximate surface area is 207 Å². The molecule has 0 saturated carbocycles. The van der Waals surface area contributed by atoms with Crippen LogP contribution in [0.1, 0.15) is 50.2 Å². The Bertz CT molecular complexity index is 727. The highest BCUT2D eigenvalue weighted by atomic mass is 127. The number of benzene rings is 1. The van der Waals surface area contributed by atoms with Crippen molar-refractivity contribution >= 4 is 29.9 Å². The monoisotopic (exact) mass is 567 g/mol. The van der Waals surface area contributed by atoms with Crippen molar-refractivity contribution in [2.24, 2.45) is 4.99 Å². The predicted molar refractivity (Wildman–Crippen MR) is 135 cm³/mol. The maximum Gasteiger partial charge on any atom is 0.416 e. The van der Waals surface area contributed by atoms with E-state index in [1.807, 2.05) is 6.92 Å². The number of nitrogens with zero attached hydrogens (tertiary/aromatic N) is 3. The highest BCUT2D eigenvalue weighted by Crippen LogP contribution is 2.31. The number of aliphatic imine (C=N–C) groups is 1. The zero-order valence-electron chi connectivity index (χ0n) is 19.2. The molecule has 2 heterocycles. The van der Waals surface area contributed by atoms with Crippen LogP contribution in [0.15, 0.2) is 29.3 Å². The number of likely N-dealkylation sites (tertiary alicyclic amines) is 2. The van der Waals surface area contributed by atoms with Gasteiger partial charge in [0, 0.05) is 18.6 Å². The standard InChI is InChI=1S/C23H36F3N5.HI/c1-3-27-21(28-17-19-8-7-9-20(16-19)23(24,25)26)29-18-22(10-14-30(2)15-11-22)31-12-5-4-6-13-31;/h7-9,16H,3-6,10-15,17-18H2,1-2H3,(H2,27,28,29);1H. The van der Waals surface area contributed by atoms with E-state index in [4.69, 9.17) is 0 Å². The Hall–Kier alpha value is -1.07. The van der Waals surface area contributed by atoms with Crippen LogP contribution >= 0.6 is 24.0 Å². The largest absolute Gasteiger partial charge is 0.416 e. The minimum Gasteiger partial charge on any atom is -0.357 e. The number of halogens is 4. The SMILES string of the molecule is CCNC(=NCc1cccc(C(F)(F)F)c1)NCC1(N2CCCCC2)CCN(C)CC1.I. The quantitative estimate of drug-likeness (QED) is 0.305. The summed E-state index contributed by atoms with van der Waals surface area (Å²) >= 11 is 0. The second-order valence-electron chi connectivity index (χ2n) is 8.82. The van der Waals surface area contributed by atoms with Gasteiger partial charge in [0.2, 0.25) is 0 Å². The molecule has 0 bridgehead atoms.